The second-order valence-electron chi connectivity index (χ2n) is 7.48. The number of hydrogen-bond donors (Lipinski definition) is 6. The number of primary amides is 1. The lowest BCUT2D eigenvalue weighted by Crippen LogP contribution is -2.56. The topological polar surface area (TPSA) is 217 Å². The Kier molecular flexibility index (Phi) is 8.99. The molecular formula is C17H29N7O8. The molecule has 1 saturated heterocycles. The Morgan fingerprint density at radius 1 is 1.12 bits per heavy atom. The van der Waals surface area contributed by atoms with E-state index >= 15 is 0 Å². The van der Waals surface area contributed by atoms with Gasteiger partial charge in [0.25, 0.3) is 0 Å². The molecule has 180 valence electrons. The highest BCUT2D eigenvalue weighted by atomic mass is 16.6. The maximum absolute atomic E-state index is 12.2. The van der Waals surface area contributed by atoms with Gasteiger partial charge in [-0.05, 0) is 0 Å². The van der Waals surface area contributed by atoms with Crippen molar-refractivity contribution in [3.8, 4) is 0 Å². The van der Waals surface area contributed by atoms with Crippen LogP contribution in [0.1, 0.15) is 11.9 Å². The summed E-state index contributed by atoms with van der Waals surface area (Å²) in [6, 6.07) is 0. The highest BCUT2D eigenvalue weighted by Gasteiger charge is 2.44. The molecule has 2 rings (SSSR count). The van der Waals surface area contributed by atoms with Crippen molar-refractivity contribution in [1.82, 2.24) is 30.1 Å². The molecule has 32 heavy (non-hydrogen) atoms. The van der Waals surface area contributed by atoms with Crippen molar-refractivity contribution >= 4 is 17.7 Å². The van der Waals surface area contributed by atoms with Gasteiger partial charge in [0.1, 0.15) is 24.4 Å². The molecule has 2 heterocycles. The van der Waals surface area contributed by atoms with Crippen LogP contribution >= 0.6 is 0 Å². The third-order valence-corrected chi connectivity index (χ3v) is 4.88. The number of aromatic nitrogens is 3. The van der Waals surface area contributed by atoms with Crippen LogP contribution in [0, 0.1) is 0 Å². The summed E-state index contributed by atoms with van der Waals surface area (Å²) in [4.78, 5) is 37.3. The smallest absolute Gasteiger partial charge is 0.242 e. The number of amides is 3. The predicted octanol–water partition coefficient (Wildman–Crippen LogP) is -5.26. The number of aliphatic hydroxyl groups excluding tert-OH is 4. The van der Waals surface area contributed by atoms with Crippen LogP contribution in [-0.2, 0) is 25.7 Å². The van der Waals surface area contributed by atoms with Crippen molar-refractivity contribution in [3.63, 3.8) is 0 Å². The number of carbonyl (C=O) groups is 3. The standard InChI is InChI=1S/C17H29N7O8/c1-22(6-11(18)26)13(28)7-23(2)12(27)4-19-3-9-5-24(21-20-9)17-16(31)15(30)14(29)10(8-25)32-17/h5,10,14-17,19,25,29-31H,3-4,6-8H2,1-2H3,(H2,18,26)/t10-,14+,15+,16-,17-/m1/s1. The third-order valence-electron chi connectivity index (χ3n) is 4.88. The van der Waals surface area contributed by atoms with Crippen molar-refractivity contribution in [2.45, 2.75) is 37.2 Å². The molecule has 0 aromatic carbocycles. The Hall–Kier alpha value is -2.69. The summed E-state index contributed by atoms with van der Waals surface area (Å²) in [6.07, 6.45) is -5.38. The summed E-state index contributed by atoms with van der Waals surface area (Å²) in [5.74, 6) is -1.48. The summed E-state index contributed by atoms with van der Waals surface area (Å²) in [6.45, 7) is -1.04. The highest BCUT2D eigenvalue weighted by molar-refractivity contribution is 5.88. The van der Waals surface area contributed by atoms with Crippen LogP contribution in [0.25, 0.3) is 0 Å². The third kappa shape index (κ3) is 6.41. The monoisotopic (exact) mass is 459 g/mol. The van der Waals surface area contributed by atoms with Gasteiger partial charge in [0, 0.05) is 20.6 Å². The fraction of sp³-hybridized carbons (Fsp3) is 0.706. The number of rotatable bonds is 10. The summed E-state index contributed by atoms with van der Waals surface area (Å²) < 4.78 is 6.53. The normalized spacial score (nSPS) is 25.4. The Morgan fingerprint density at radius 2 is 1.78 bits per heavy atom. The number of nitrogens with one attached hydrogen (secondary N) is 1. The van der Waals surface area contributed by atoms with Crippen LogP contribution in [0.3, 0.4) is 0 Å². The van der Waals surface area contributed by atoms with Crippen LogP contribution in [0.15, 0.2) is 6.20 Å². The number of nitrogens with zero attached hydrogens (tertiary/aromatic N) is 5. The van der Waals surface area contributed by atoms with Crippen molar-refractivity contribution in [3.05, 3.63) is 11.9 Å². The average Bonchev–Trinajstić information content (AvgIpc) is 3.20. The van der Waals surface area contributed by atoms with Gasteiger partial charge in [-0.1, -0.05) is 5.21 Å². The zero-order valence-electron chi connectivity index (χ0n) is 17.7. The number of likely N-dealkylation sites (N-methyl/N-ethyl adjacent to an activating group) is 2. The molecule has 1 aromatic rings. The van der Waals surface area contributed by atoms with E-state index in [0.717, 1.165) is 9.58 Å². The molecule has 0 saturated carbocycles. The van der Waals surface area contributed by atoms with Crippen molar-refractivity contribution in [2.75, 3.05) is 40.3 Å². The van der Waals surface area contributed by atoms with E-state index in [-0.39, 0.29) is 32.1 Å². The lowest BCUT2D eigenvalue weighted by atomic mass is 9.98. The van der Waals surface area contributed by atoms with Crippen molar-refractivity contribution in [1.29, 1.82) is 0 Å². The SMILES string of the molecule is CN(CC(N)=O)C(=O)CN(C)C(=O)CNCc1cn([C@@H]2O[C@H](CO)[C@H](O)[C@H](O)[C@H]2O)nn1. The summed E-state index contributed by atoms with van der Waals surface area (Å²) in [7, 11) is 2.85. The predicted molar refractivity (Wildman–Crippen MR) is 105 cm³/mol. The van der Waals surface area contributed by atoms with Crippen LogP contribution in [0.5, 0.6) is 0 Å². The van der Waals surface area contributed by atoms with E-state index < -0.39 is 49.1 Å². The minimum absolute atomic E-state index is 0.115. The van der Waals surface area contributed by atoms with Gasteiger partial charge in [-0.2, -0.15) is 0 Å². The molecule has 1 aromatic heterocycles. The molecule has 15 nitrogen and oxygen atoms in total. The first-order chi connectivity index (χ1) is 15.0. The maximum atomic E-state index is 12.2. The first kappa shape index (κ1) is 25.6. The number of aliphatic hydroxyl groups is 4. The zero-order valence-corrected chi connectivity index (χ0v) is 17.7. The summed E-state index contributed by atoms with van der Waals surface area (Å²) in [5, 5.41) is 49.6. The summed E-state index contributed by atoms with van der Waals surface area (Å²) >= 11 is 0. The van der Waals surface area contributed by atoms with Crippen LogP contribution in [-0.4, -0.2) is 128 Å². The zero-order chi connectivity index (χ0) is 24.0. The van der Waals surface area contributed by atoms with Crippen LogP contribution in [0.2, 0.25) is 0 Å². The number of carbonyl (C=O) groups excluding carboxylic acids is 3. The van der Waals surface area contributed by atoms with Gasteiger partial charge < -0.3 is 46.0 Å². The molecule has 0 unspecified atom stereocenters. The molecule has 1 aliphatic rings. The van der Waals surface area contributed by atoms with E-state index in [1.54, 1.807) is 0 Å². The Morgan fingerprint density at radius 3 is 2.41 bits per heavy atom. The van der Waals surface area contributed by atoms with E-state index in [4.69, 9.17) is 10.5 Å². The van der Waals surface area contributed by atoms with Gasteiger partial charge >= 0.3 is 0 Å². The molecule has 3 amide bonds. The number of hydrogen-bond acceptors (Lipinski definition) is 11. The Bertz CT molecular complexity index is 804. The molecular weight excluding hydrogens is 430 g/mol. The molecule has 1 aliphatic heterocycles. The number of ether oxygens (including phenoxy) is 1. The second-order valence-corrected chi connectivity index (χ2v) is 7.48. The van der Waals surface area contributed by atoms with Gasteiger partial charge in [-0.15, -0.1) is 5.10 Å². The fourth-order valence-corrected chi connectivity index (χ4v) is 2.99. The van der Waals surface area contributed by atoms with Gasteiger partial charge in [-0.25, -0.2) is 4.68 Å². The van der Waals surface area contributed by atoms with E-state index in [2.05, 4.69) is 15.6 Å². The molecule has 0 radical (unpaired) electrons. The van der Waals surface area contributed by atoms with Gasteiger partial charge in [0.15, 0.2) is 6.23 Å². The Labute approximate surface area is 183 Å². The van der Waals surface area contributed by atoms with E-state index in [1.807, 2.05) is 0 Å². The second kappa shape index (κ2) is 11.3. The largest absolute Gasteiger partial charge is 0.394 e. The summed E-state index contributed by atoms with van der Waals surface area (Å²) in [5.41, 5.74) is 5.42. The molecule has 0 bridgehead atoms. The lowest BCUT2D eigenvalue weighted by molar-refractivity contribution is -0.254. The molecule has 0 spiro atoms. The minimum Gasteiger partial charge on any atom is -0.394 e. The maximum Gasteiger partial charge on any atom is 0.242 e. The average molecular weight is 459 g/mol. The lowest BCUT2D eigenvalue weighted by Gasteiger charge is -2.39. The van der Waals surface area contributed by atoms with E-state index in [0.29, 0.717) is 5.69 Å². The minimum atomic E-state index is -1.55. The van der Waals surface area contributed by atoms with Gasteiger partial charge in [-0.3, -0.25) is 14.4 Å². The molecule has 0 aliphatic carbocycles. The van der Waals surface area contributed by atoms with Gasteiger partial charge in [0.2, 0.25) is 17.7 Å². The Balaban J connectivity index is 1.84. The van der Waals surface area contributed by atoms with Crippen molar-refractivity contribution in [2.24, 2.45) is 5.73 Å². The molecule has 15 heteroatoms. The van der Waals surface area contributed by atoms with Crippen LogP contribution < -0.4 is 11.1 Å². The first-order valence-electron chi connectivity index (χ1n) is 9.73. The molecule has 1 fully saturated rings. The first-order valence-corrected chi connectivity index (χ1v) is 9.73. The van der Waals surface area contributed by atoms with Crippen molar-refractivity contribution < 1.29 is 39.5 Å². The molecule has 5 atom stereocenters. The van der Waals surface area contributed by atoms with Crippen LogP contribution in [0.4, 0.5) is 0 Å². The fourth-order valence-electron chi connectivity index (χ4n) is 2.99. The quantitative estimate of drug-likeness (QED) is 0.194. The van der Waals surface area contributed by atoms with Gasteiger partial charge in [0.05, 0.1) is 38.1 Å². The highest BCUT2D eigenvalue weighted by Crippen LogP contribution is 2.27. The molecule has 7 N–H and O–H groups in total. The van der Waals surface area contributed by atoms with E-state index in [9.17, 15) is 34.8 Å². The van der Waals surface area contributed by atoms with E-state index in [1.165, 1.54) is 25.2 Å². The number of nitrogens with two attached hydrogens (primary N) is 1.